The first kappa shape index (κ1) is 18.3. The van der Waals surface area contributed by atoms with Crippen molar-refractivity contribution in [2.45, 2.75) is 56.7 Å². The highest BCUT2D eigenvalue weighted by molar-refractivity contribution is 7.89. The number of piperidine rings is 1. The Balaban J connectivity index is 1.67. The van der Waals surface area contributed by atoms with Crippen LogP contribution in [-0.2, 0) is 24.4 Å². The second-order valence-electron chi connectivity index (χ2n) is 7.33. The fourth-order valence-electron chi connectivity index (χ4n) is 4.35. The summed E-state index contributed by atoms with van der Waals surface area (Å²) in [6.07, 6.45) is 3.88. The van der Waals surface area contributed by atoms with Crippen LogP contribution in [0.2, 0.25) is 0 Å². The molecule has 140 valence electrons. The molecule has 2 heterocycles. The van der Waals surface area contributed by atoms with E-state index in [0.29, 0.717) is 12.8 Å². The van der Waals surface area contributed by atoms with E-state index in [1.54, 1.807) is 6.92 Å². The van der Waals surface area contributed by atoms with Crippen molar-refractivity contribution in [2.75, 3.05) is 13.1 Å². The molecule has 0 radical (unpaired) electrons. The van der Waals surface area contributed by atoms with Gasteiger partial charge in [-0.2, -0.15) is 0 Å². The quantitative estimate of drug-likeness (QED) is 0.691. The Hall–Kier alpha value is -1.48. The minimum atomic E-state index is -3.60. The lowest BCUT2D eigenvalue weighted by Gasteiger charge is -2.34. The topological polar surface area (TPSA) is 118 Å². The van der Waals surface area contributed by atoms with Gasteiger partial charge in [-0.3, -0.25) is 19.3 Å². The van der Waals surface area contributed by atoms with Crippen molar-refractivity contribution in [2.24, 2.45) is 17.0 Å². The van der Waals surface area contributed by atoms with Gasteiger partial charge in [0.1, 0.15) is 6.04 Å². The molecule has 1 aliphatic carbocycles. The standard InChI is InChI=1S/C16H25N3O5S/c1-10(14(20)18-8-6-11(7-9-18)25(17,23)24)19-15(21)12-4-2-3-5-13(12)16(19)22/h10-13H,2-9H2,1H3,(H2,17,23,24). The van der Waals surface area contributed by atoms with E-state index in [1.807, 2.05) is 0 Å². The monoisotopic (exact) mass is 371 g/mol. The number of hydrogen-bond donors (Lipinski definition) is 1. The number of rotatable bonds is 3. The van der Waals surface area contributed by atoms with E-state index in [-0.39, 0.29) is 55.5 Å². The molecule has 3 unspecified atom stereocenters. The largest absolute Gasteiger partial charge is 0.341 e. The van der Waals surface area contributed by atoms with Crippen LogP contribution in [-0.4, -0.2) is 60.3 Å². The third-order valence-electron chi connectivity index (χ3n) is 5.84. The van der Waals surface area contributed by atoms with Gasteiger partial charge in [0.15, 0.2) is 0 Å². The predicted molar refractivity (Wildman–Crippen MR) is 89.5 cm³/mol. The highest BCUT2D eigenvalue weighted by Crippen LogP contribution is 2.39. The van der Waals surface area contributed by atoms with Crippen molar-refractivity contribution in [3.8, 4) is 0 Å². The van der Waals surface area contributed by atoms with Crippen molar-refractivity contribution >= 4 is 27.7 Å². The predicted octanol–water partition coefficient (Wildman–Crippen LogP) is -0.170. The van der Waals surface area contributed by atoms with E-state index in [2.05, 4.69) is 0 Å². The number of carbonyl (C=O) groups is 3. The summed E-state index contributed by atoms with van der Waals surface area (Å²) >= 11 is 0. The SMILES string of the molecule is CC(C(=O)N1CCC(S(N)(=O)=O)CC1)N1C(=O)C2CCCCC2C1=O. The first-order valence-electron chi connectivity index (χ1n) is 8.89. The first-order valence-corrected chi connectivity index (χ1v) is 10.5. The summed E-state index contributed by atoms with van der Waals surface area (Å²) < 4.78 is 22.8. The molecule has 0 aromatic heterocycles. The van der Waals surface area contributed by atoms with Crippen molar-refractivity contribution < 1.29 is 22.8 Å². The minimum Gasteiger partial charge on any atom is -0.341 e. The van der Waals surface area contributed by atoms with E-state index < -0.39 is 21.3 Å². The van der Waals surface area contributed by atoms with Gasteiger partial charge in [-0.1, -0.05) is 12.8 Å². The molecule has 2 aliphatic heterocycles. The zero-order chi connectivity index (χ0) is 18.4. The Kier molecular flexibility index (Phi) is 4.89. The molecule has 3 fully saturated rings. The Morgan fingerprint density at radius 1 is 1.04 bits per heavy atom. The lowest BCUT2D eigenvalue weighted by Crippen LogP contribution is -2.53. The molecule has 2 N–H and O–H groups in total. The van der Waals surface area contributed by atoms with Crippen LogP contribution in [0, 0.1) is 11.8 Å². The average molecular weight is 371 g/mol. The highest BCUT2D eigenvalue weighted by Gasteiger charge is 2.51. The van der Waals surface area contributed by atoms with Gasteiger partial charge in [-0.25, -0.2) is 13.6 Å². The van der Waals surface area contributed by atoms with Crippen LogP contribution in [0.15, 0.2) is 0 Å². The Morgan fingerprint density at radius 3 is 1.96 bits per heavy atom. The van der Waals surface area contributed by atoms with Gasteiger partial charge >= 0.3 is 0 Å². The van der Waals surface area contributed by atoms with Gasteiger partial charge in [-0.05, 0) is 32.6 Å². The molecular weight excluding hydrogens is 346 g/mol. The molecule has 0 bridgehead atoms. The molecule has 3 aliphatic rings. The van der Waals surface area contributed by atoms with Gasteiger partial charge < -0.3 is 4.90 Å². The maximum absolute atomic E-state index is 12.7. The van der Waals surface area contributed by atoms with Gasteiger partial charge in [0.2, 0.25) is 27.7 Å². The normalized spacial score (nSPS) is 29.7. The molecule has 3 atom stereocenters. The number of primary sulfonamides is 1. The van der Waals surface area contributed by atoms with Gasteiger partial charge in [0.05, 0.1) is 17.1 Å². The van der Waals surface area contributed by atoms with E-state index >= 15 is 0 Å². The van der Waals surface area contributed by atoms with Crippen molar-refractivity contribution in [1.29, 1.82) is 0 Å². The third kappa shape index (κ3) is 3.31. The summed E-state index contributed by atoms with van der Waals surface area (Å²) in [4.78, 5) is 40.6. The van der Waals surface area contributed by atoms with Crippen LogP contribution in [0.4, 0.5) is 0 Å². The molecule has 0 spiro atoms. The zero-order valence-electron chi connectivity index (χ0n) is 14.4. The van der Waals surface area contributed by atoms with E-state index in [1.165, 1.54) is 4.90 Å². The van der Waals surface area contributed by atoms with Crippen LogP contribution in [0.1, 0.15) is 45.4 Å². The Bertz CT molecular complexity index is 660. The third-order valence-corrected chi connectivity index (χ3v) is 7.24. The zero-order valence-corrected chi connectivity index (χ0v) is 15.2. The van der Waals surface area contributed by atoms with E-state index in [4.69, 9.17) is 5.14 Å². The molecular formula is C16H25N3O5S. The van der Waals surface area contributed by atoms with E-state index in [9.17, 15) is 22.8 Å². The Labute approximate surface area is 147 Å². The molecule has 8 nitrogen and oxygen atoms in total. The number of likely N-dealkylation sites (tertiary alicyclic amines) is 2. The molecule has 3 amide bonds. The number of sulfonamides is 1. The number of imide groups is 1. The number of carbonyl (C=O) groups excluding carboxylic acids is 3. The van der Waals surface area contributed by atoms with Crippen LogP contribution in [0.5, 0.6) is 0 Å². The highest BCUT2D eigenvalue weighted by atomic mass is 32.2. The number of fused-ring (bicyclic) bond motifs is 1. The summed E-state index contributed by atoms with van der Waals surface area (Å²) in [5.41, 5.74) is 0. The second-order valence-corrected chi connectivity index (χ2v) is 9.18. The number of nitrogens with two attached hydrogens (primary N) is 1. The summed E-state index contributed by atoms with van der Waals surface area (Å²) in [6, 6.07) is -0.836. The fraction of sp³-hybridized carbons (Fsp3) is 0.812. The average Bonchev–Trinajstić information content (AvgIpc) is 2.84. The Morgan fingerprint density at radius 2 is 1.52 bits per heavy atom. The number of hydrogen-bond acceptors (Lipinski definition) is 5. The minimum absolute atomic E-state index is 0.227. The summed E-state index contributed by atoms with van der Waals surface area (Å²) in [7, 11) is -3.60. The first-order chi connectivity index (χ1) is 11.7. The van der Waals surface area contributed by atoms with Crippen LogP contribution in [0.25, 0.3) is 0 Å². The lowest BCUT2D eigenvalue weighted by molar-refractivity contribution is -0.151. The molecule has 0 aromatic rings. The van der Waals surface area contributed by atoms with Crippen LogP contribution in [0.3, 0.4) is 0 Å². The lowest BCUT2D eigenvalue weighted by atomic mass is 9.81. The van der Waals surface area contributed by atoms with E-state index in [0.717, 1.165) is 17.7 Å². The van der Waals surface area contributed by atoms with Gasteiger partial charge in [0.25, 0.3) is 0 Å². The number of amides is 3. The van der Waals surface area contributed by atoms with Gasteiger partial charge in [-0.15, -0.1) is 0 Å². The second kappa shape index (κ2) is 6.68. The van der Waals surface area contributed by atoms with Crippen molar-refractivity contribution in [3.63, 3.8) is 0 Å². The number of nitrogens with zero attached hydrogens (tertiary/aromatic N) is 2. The van der Waals surface area contributed by atoms with Crippen molar-refractivity contribution in [1.82, 2.24) is 9.80 Å². The van der Waals surface area contributed by atoms with Crippen LogP contribution < -0.4 is 5.14 Å². The molecule has 2 saturated heterocycles. The van der Waals surface area contributed by atoms with Gasteiger partial charge in [0, 0.05) is 13.1 Å². The summed E-state index contributed by atoms with van der Waals surface area (Å²) in [5, 5.41) is 4.53. The summed E-state index contributed by atoms with van der Waals surface area (Å²) in [5.74, 6) is -1.30. The van der Waals surface area contributed by atoms with Crippen LogP contribution >= 0.6 is 0 Å². The molecule has 1 saturated carbocycles. The maximum atomic E-state index is 12.7. The van der Waals surface area contributed by atoms with Crippen molar-refractivity contribution in [3.05, 3.63) is 0 Å². The summed E-state index contributed by atoms with van der Waals surface area (Å²) in [6.45, 7) is 2.13. The molecule has 3 rings (SSSR count). The maximum Gasteiger partial charge on any atom is 0.245 e. The molecule has 9 heteroatoms. The smallest absolute Gasteiger partial charge is 0.245 e. The molecule has 25 heavy (non-hydrogen) atoms. The molecule has 0 aromatic carbocycles. The fourth-order valence-corrected chi connectivity index (χ4v) is 5.22.